The molecule has 1 aromatic heterocycles. The zero-order chi connectivity index (χ0) is 13.0. The molecule has 0 bridgehead atoms. The SMILES string of the molecule is [CH2]NC(=O)Cc1[nH]c2ccccc2c1CNCC. The number of amides is 1. The van der Waals surface area contributed by atoms with Crippen LogP contribution >= 0.6 is 0 Å². The number of aromatic amines is 1. The van der Waals surface area contributed by atoms with E-state index in [0.717, 1.165) is 29.9 Å². The van der Waals surface area contributed by atoms with Crippen molar-refractivity contribution in [2.24, 2.45) is 0 Å². The topological polar surface area (TPSA) is 56.9 Å². The lowest BCUT2D eigenvalue weighted by molar-refractivity contribution is -0.119. The van der Waals surface area contributed by atoms with E-state index in [9.17, 15) is 4.79 Å². The first-order valence-corrected chi connectivity index (χ1v) is 6.11. The molecule has 2 rings (SSSR count). The molecule has 3 N–H and O–H groups in total. The Hall–Kier alpha value is -1.81. The second-order valence-electron chi connectivity index (χ2n) is 4.18. The zero-order valence-electron chi connectivity index (χ0n) is 10.5. The summed E-state index contributed by atoms with van der Waals surface area (Å²) in [6, 6.07) is 8.10. The molecule has 0 aliphatic heterocycles. The van der Waals surface area contributed by atoms with Gasteiger partial charge in [-0.05, 0) is 18.2 Å². The van der Waals surface area contributed by atoms with Gasteiger partial charge in [0.1, 0.15) is 0 Å². The zero-order valence-corrected chi connectivity index (χ0v) is 10.5. The number of nitrogens with one attached hydrogen (secondary N) is 3. The van der Waals surface area contributed by atoms with E-state index in [1.54, 1.807) is 0 Å². The lowest BCUT2D eigenvalue weighted by Gasteiger charge is -2.05. The molecule has 0 fully saturated rings. The van der Waals surface area contributed by atoms with E-state index in [1.807, 2.05) is 18.2 Å². The molecule has 1 aromatic carbocycles. The van der Waals surface area contributed by atoms with Gasteiger partial charge in [0.05, 0.1) is 6.42 Å². The minimum Gasteiger partial charge on any atom is -0.358 e. The average Bonchev–Trinajstić information content (AvgIpc) is 2.73. The van der Waals surface area contributed by atoms with Gasteiger partial charge in [-0.25, -0.2) is 0 Å². The Morgan fingerprint density at radius 2 is 2.17 bits per heavy atom. The van der Waals surface area contributed by atoms with Crippen LogP contribution in [0.15, 0.2) is 24.3 Å². The second kappa shape index (κ2) is 5.69. The fourth-order valence-electron chi connectivity index (χ4n) is 2.08. The van der Waals surface area contributed by atoms with Gasteiger partial charge in [-0.2, -0.15) is 0 Å². The van der Waals surface area contributed by atoms with Gasteiger partial charge in [-0.3, -0.25) is 4.79 Å². The highest BCUT2D eigenvalue weighted by Gasteiger charge is 2.12. The average molecular weight is 244 g/mol. The molecule has 0 spiro atoms. The minimum absolute atomic E-state index is 0.0840. The Balaban J connectivity index is 2.39. The van der Waals surface area contributed by atoms with Crippen LogP contribution in [0.5, 0.6) is 0 Å². The summed E-state index contributed by atoms with van der Waals surface area (Å²) in [7, 11) is 3.40. The van der Waals surface area contributed by atoms with Gasteiger partial charge in [0, 0.05) is 30.2 Å². The van der Waals surface area contributed by atoms with Crippen molar-refractivity contribution in [1.82, 2.24) is 15.6 Å². The number of fused-ring (bicyclic) bond motifs is 1. The summed E-state index contributed by atoms with van der Waals surface area (Å²) >= 11 is 0. The van der Waals surface area contributed by atoms with Gasteiger partial charge in [-0.1, -0.05) is 25.1 Å². The molecule has 0 aliphatic rings. The molecule has 1 radical (unpaired) electrons. The van der Waals surface area contributed by atoms with Crippen LogP contribution in [0, 0.1) is 7.05 Å². The van der Waals surface area contributed by atoms with Crippen LogP contribution in [0.1, 0.15) is 18.2 Å². The largest absolute Gasteiger partial charge is 0.358 e. The summed E-state index contributed by atoms with van der Waals surface area (Å²) < 4.78 is 0. The quantitative estimate of drug-likeness (QED) is 0.750. The number of rotatable bonds is 5. The molecule has 4 heteroatoms. The van der Waals surface area contributed by atoms with E-state index in [2.05, 4.69) is 35.7 Å². The van der Waals surface area contributed by atoms with Crippen LogP contribution < -0.4 is 10.6 Å². The number of H-pyrrole nitrogens is 1. The van der Waals surface area contributed by atoms with Crippen molar-refractivity contribution >= 4 is 16.8 Å². The number of aromatic nitrogens is 1. The van der Waals surface area contributed by atoms with Crippen molar-refractivity contribution in [2.45, 2.75) is 19.9 Å². The predicted octanol–water partition coefficient (Wildman–Crippen LogP) is 1.73. The van der Waals surface area contributed by atoms with E-state index >= 15 is 0 Å². The van der Waals surface area contributed by atoms with Crippen molar-refractivity contribution in [3.05, 3.63) is 42.6 Å². The van der Waals surface area contributed by atoms with E-state index < -0.39 is 0 Å². The van der Waals surface area contributed by atoms with Gasteiger partial charge >= 0.3 is 0 Å². The maximum atomic E-state index is 11.5. The van der Waals surface area contributed by atoms with Gasteiger partial charge in [-0.15, -0.1) is 0 Å². The van der Waals surface area contributed by atoms with Crippen LogP contribution in [0.25, 0.3) is 10.9 Å². The number of carbonyl (C=O) groups is 1. The maximum absolute atomic E-state index is 11.5. The number of benzene rings is 1. The molecule has 0 saturated carbocycles. The normalized spacial score (nSPS) is 10.8. The van der Waals surface area contributed by atoms with Crippen LogP contribution in [-0.4, -0.2) is 17.4 Å². The lowest BCUT2D eigenvalue weighted by Crippen LogP contribution is -2.20. The third-order valence-corrected chi connectivity index (χ3v) is 2.99. The minimum atomic E-state index is -0.0840. The van der Waals surface area contributed by atoms with E-state index in [0.29, 0.717) is 6.42 Å². The number of hydrogen-bond acceptors (Lipinski definition) is 2. The molecule has 4 nitrogen and oxygen atoms in total. The van der Waals surface area contributed by atoms with Gasteiger partial charge in [0.25, 0.3) is 0 Å². The smallest absolute Gasteiger partial charge is 0.226 e. The summed E-state index contributed by atoms with van der Waals surface area (Å²) in [6.07, 6.45) is 0.332. The van der Waals surface area contributed by atoms with Crippen molar-refractivity contribution < 1.29 is 4.79 Å². The Kier molecular flexibility index (Phi) is 3.99. The Labute approximate surface area is 107 Å². The molecule has 18 heavy (non-hydrogen) atoms. The molecular weight excluding hydrogens is 226 g/mol. The van der Waals surface area contributed by atoms with Crippen molar-refractivity contribution in [3.8, 4) is 0 Å². The molecule has 0 unspecified atom stereocenters. The van der Waals surface area contributed by atoms with Gasteiger partial charge in [0.15, 0.2) is 0 Å². The van der Waals surface area contributed by atoms with E-state index in [1.165, 1.54) is 5.39 Å². The number of hydrogen-bond donors (Lipinski definition) is 3. The molecule has 2 aromatic rings. The van der Waals surface area contributed by atoms with Gasteiger partial charge < -0.3 is 15.6 Å². The Bertz CT molecular complexity index is 545. The predicted molar refractivity (Wildman–Crippen MR) is 72.9 cm³/mol. The highest BCUT2D eigenvalue weighted by atomic mass is 16.1. The van der Waals surface area contributed by atoms with E-state index in [4.69, 9.17) is 0 Å². The summed E-state index contributed by atoms with van der Waals surface area (Å²) in [6.45, 7) is 3.73. The lowest BCUT2D eigenvalue weighted by atomic mass is 10.1. The van der Waals surface area contributed by atoms with Crippen molar-refractivity contribution in [2.75, 3.05) is 6.54 Å². The summed E-state index contributed by atoms with van der Waals surface area (Å²) in [5.74, 6) is -0.0840. The first kappa shape index (κ1) is 12.6. The van der Waals surface area contributed by atoms with Crippen LogP contribution in [0.2, 0.25) is 0 Å². The molecular formula is C14H18N3O. The van der Waals surface area contributed by atoms with Crippen molar-refractivity contribution in [1.29, 1.82) is 0 Å². The summed E-state index contributed by atoms with van der Waals surface area (Å²) in [5.41, 5.74) is 3.19. The summed E-state index contributed by atoms with van der Waals surface area (Å²) in [5, 5.41) is 6.89. The Morgan fingerprint density at radius 1 is 1.39 bits per heavy atom. The maximum Gasteiger partial charge on any atom is 0.226 e. The van der Waals surface area contributed by atoms with Crippen LogP contribution in [-0.2, 0) is 17.8 Å². The number of carbonyl (C=O) groups excluding carboxylic acids is 1. The second-order valence-corrected chi connectivity index (χ2v) is 4.18. The first-order chi connectivity index (χ1) is 8.76. The van der Waals surface area contributed by atoms with Crippen molar-refractivity contribution in [3.63, 3.8) is 0 Å². The molecule has 1 amide bonds. The molecule has 95 valence electrons. The van der Waals surface area contributed by atoms with Crippen LogP contribution in [0.3, 0.4) is 0 Å². The fourth-order valence-corrected chi connectivity index (χ4v) is 2.08. The third-order valence-electron chi connectivity index (χ3n) is 2.99. The number of para-hydroxylation sites is 1. The Morgan fingerprint density at radius 3 is 2.89 bits per heavy atom. The first-order valence-electron chi connectivity index (χ1n) is 6.11. The fraction of sp³-hybridized carbons (Fsp3) is 0.286. The molecule has 0 atom stereocenters. The van der Waals surface area contributed by atoms with Gasteiger partial charge in [0.2, 0.25) is 5.91 Å². The van der Waals surface area contributed by atoms with Crippen LogP contribution in [0.4, 0.5) is 0 Å². The van der Waals surface area contributed by atoms with E-state index in [-0.39, 0.29) is 5.91 Å². The third kappa shape index (κ3) is 2.54. The highest BCUT2D eigenvalue weighted by molar-refractivity contribution is 5.87. The monoisotopic (exact) mass is 244 g/mol. The molecule has 1 heterocycles. The summed E-state index contributed by atoms with van der Waals surface area (Å²) in [4.78, 5) is 14.8. The highest BCUT2D eigenvalue weighted by Crippen LogP contribution is 2.22. The molecule has 0 saturated heterocycles. The standard InChI is InChI=1S/C14H18N3O/c1-3-16-9-11-10-6-4-5-7-12(10)17-13(11)8-14(18)15-2/h4-7,16-17H,2-3,8-9H2,1H3,(H,15,18). The molecule has 0 aliphatic carbocycles.